The van der Waals surface area contributed by atoms with Gasteiger partial charge in [-0.1, -0.05) is 108 Å². The van der Waals surface area contributed by atoms with Gasteiger partial charge in [0.1, 0.15) is 6.26 Å². The van der Waals surface area contributed by atoms with Crippen LogP contribution in [0.2, 0.25) is 0 Å². The van der Waals surface area contributed by atoms with Gasteiger partial charge in [-0.15, -0.1) is 0 Å². The van der Waals surface area contributed by atoms with Crippen molar-refractivity contribution in [3.8, 4) is 0 Å². The molecule has 0 saturated carbocycles. The number of hydrogen-bond acceptors (Lipinski definition) is 10. The number of aromatic nitrogens is 1. The van der Waals surface area contributed by atoms with Crippen LogP contribution < -0.4 is 15.4 Å². The van der Waals surface area contributed by atoms with Gasteiger partial charge in [-0.25, -0.2) is 4.79 Å². The summed E-state index contributed by atoms with van der Waals surface area (Å²) >= 11 is 0. The number of nitrogens with one attached hydrogen (secondary N) is 3. The summed E-state index contributed by atoms with van der Waals surface area (Å²) in [5.74, 6) is -1.42. The lowest BCUT2D eigenvalue weighted by Crippen LogP contribution is -2.14. The van der Waals surface area contributed by atoms with Crippen LogP contribution in [0.5, 0.6) is 0 Å². The highest BCUT2D eigenvalue weighted by atomic mass is 32.2. The van der Waals surface area contributed by atoms with E-state index in [0.717, 1.165) is 31.4 Å². The fraction of sp³-hybridized carbons (Fsp3) is 0.564. The van der Waals surface area contributed by atoms with Gasteiger partial charge in [-0.2, -0.15) is 8.42 Å². The molecule has 0 saturated heterocycles. The summed E-state index contributed by atoms with van der Waals surface area (Å²) < 4.78 is 35.1. The second-order valence-corrected chi connectivity index (χ2v) is 17.2. The number of nitrogens with zero attached hydrogens (tertiary/aromatic N) is 3. The second-order valence-electron chi connectivity index (χ2n) is 13.8. The maximum atomic E-state index is 13.1. The number of unbranched alkanes of at least 4 members (excludes halogenated alkanes) is 15. The van der Waals surface area contributed by atoms with E-state index in [1.165, 1.54) is 101 Å². The highest BCUT2D eigenvalue weighted by molar-refractivity contribution is 7.90. The van der Waals surface area contributed by atoms with Crippen LogP contribution in [-0.4, -0.2) is 48.3 Å². The van der Waals surface area contributed by atoms with E-state index in [1.807, 2.05) is 0 Å². The highest BCUT2D eigenvalue weighted by Gasteiger charge is 2.30. The SMILES string of the molecule is CCCCCCCCCCCCCCCCCCNc1c([N+](=O)[O-])cc(C(=O)Nc2ccc(S(=O)(=O)N=c3[nH]c(C)c(C(=O)OCC)[s+]3C)cc2)cc1[N+](=O)[O-]. The number of ether oxygens (including phenoxy) is 1. The first kappa shape index (κ1) is 45.7. The standard InChI is InChI=1S/C39H56N6O9S2/c1-5-7-8-9-10-11-12-13-14-15-16-17-18-19-20-21-26-40-35-33(44(48)49)27-30(28-34(35)45(50)51)37(46)42-31-22-24-32(25-23-31)56(52,53)43-39-41-29(3)36(55(39)4)38(47)54-6-2/h22-25,27-28H,5-21,26H2,1-4H3,(H2-,40,41,42,43,46,47)/p+1. The predicted octanol–water partition coefficient (Wildman–Crippen LogP) is 9.82. The Morgan fingerprint density at radius 2 is 1.29 bits per heavy atom. The van der Waals surface area contributed by atoms with E-state index in [-0.39, 0.29) is 33.2 Å². The van der Waals surface area contributed by atoms with Crippen LogP contribution in [0.1, 0.15) is 142 Å². The fourth-order valence-electron chi connectivity index (χ4n) is 6.35. The largest absolute Gasteiger partial charge is 0.459 e. The third-order valence-corrected chi connectivity index (χ3v) is 12.7. The van der Waals surface area contributed by atoms with Crippen molar-refractivity contribution in [3.63, 3.8) is 0 Å². The zero-order valence-electron chi connectivity index (χ0n) is 33.0. The Balaban J connectivity index is 1.54. The van der Waals surface area contributed by atoms with Crippen molar-refractivity contribution in [2.24, 2.45) is 10.7 Å². The van der Waals surface area contributed by atoms with Gasteiger partial charge in [0.25, 0.3) is 32.2 Å². The van der Waals surface area contributed by atoms with Crippen molar-refractivity contribution in [3.05, 3.63) is 77.6 Å². The summed E-state index contributed by atoms with van der Waals surface area (Å²) in [5, 5.41) is 29.4. The lowest BCUT2D eigenvalue weighted by molar-refractivity contribution is -0.392. The first-order valence-corrected chi connectivity index (χ1v) is 22.7. The van der Waals surface area contributed by atoms with Gasteiger partial charge in [0, 0.05) is 34.8 Å². The number of rotatable bonds is 26. The van der Waals surface area contributed by atoms with E-state index in [2.05, 4.69) is 26.9 Å². The average molecular weight is 818 g/mol. The molecule has 0 radical (unpaired) electrons. The molecule has 15 nitrogen and oxygen atoms in total. The number of nitro benzene ring substituents is 2. The maximum absolute atomic E-state index is 13.1. The fourth-order valence-corrected chi connectivity index (χ4v) is 9.26. The molecule has 0 fully saturated rings. The monoisotopic (exact) mass is 817 g/mol. The molecule has 3 aromatic rings. The Bertz CT molecular complexity index is 1920. The van der Waals surface area contributed by atoms with E-state index in [4.69, 9.17) is 4.74 Å². The van der Waals surface area contributed by atoms with Crippen molar-refractivity contribution >= 4 is 55.1 Å². The number of aromatic amines is 1. The summed E-state index contributed by atoms with van der Waals surface area (Å²) in [5.41, 5.74) is -1.21. The summed E-state index contributed by atoms with van der Waals surface area (Å²) in [6, 6.07) is 6.96. The number of sulfonamides is 1. The minimum atomic E-state index is -4.23. The molecular weight excluding hydrogens is 761 g/mol. The Labute approximate surface area is 332 Å². The summed E-state index contributed by atoms with van der Waals surface area (Å²) in [6.07, 6.45) is 20.9. The van der Waals surface area contributed by atoms with Crippen LogP contribution in [0.25, 0.3) is 0 Å². The summed E-state index contributed by atoms with van der Waals surface area (Å²) in [7, 11) is -5.21. The minimum Gasteiger partial charge on any atom is -0.459 e. The summed E-state index contributed by atoms with van der Waals surface area (Å²) in [6.45, 7) is 5.99. The van der Waals surface area contributed by atoms with Crippen LogP contribution >= 0.6 is 10.5 Å². The molecule has 3 rings (SSSR count). The Kier molecular flexibility index (Phi) is 19.1. The molecule has 1 aromatic heterocycles. The lowest BCUT2D eigenvalue weighted by atomic mass is 10.0. The number of carbonyl (C=O) groups is 2. The zero-order valence-corrected chi connectivity index (χ0v) is 34.7. The van der Waals surface area contributed by atoms with Crippen LogP contribution in [-0.2, 0) is 21.0 Å². The van der Waals surface area contributed by atoms with Crippen molar-refractivity contribution in [1.82, 2.24) is 4.98 Å². The maximum Gasteiger partial charge on any atom is 0.393 e. The first-order valence-electron chi connectivity index (χ1n) is 19.6. The van der Waals surface area contributed by atoms with Gasteiger partial charge < -0.3 is 15.4 Å². The van der Waals surface area contributed by atoms with Crippen LogP contribution in [0, 0.1) is 27.2 Å². The molecule has 1 amide bonds. The van der Waals surface area contributed by atoms with Crippen LogP contribution in [0.3, 0.4) is 0 Å². The Hall–Kier alpha value is -4.64. The van der Waals surface area contributed by atoms with E-state index in [0.29, 0.717) is 23.5 Å². The zero-order chi connectivity index (χ0) is 41.1. The molecule has 56 heavy (non-hydrogen) atoms. The van der Waals surface area contributed by atoms with Gasteiger partial charge in [0.15, 0.2) is 5.69 Å². The van der Waals surface area contributed by atoms with Gasteiger partial charge in [0.2, 0.25) is 0 Å². The molecule has 0 bridgehead atoms. The molecule has 2 aromatic carbocycles. The third kappa shape index (κ3) is 14.1. The number of hydrogen-bond donors (Lipinski definition) is 3. The third-order valence-electron chi connectivity index (χ3n) is 9.39. The number of thiazole rings is 1. The Morgan fingerprint density at radius 1 is 0.804 bits per heavy atom. The molecule has 0 spiro atoms. The average Bonchev–Trinajstić information content (AvgIpc) is 3.43. The smallest absolute Gasteiger partial charge is 0.393 e. The highest BCUT2D eigenvalue weighted by Crippen LogP contribution is 2.36. The van der Waals surface area contributed by atoms with E-state index < -0.39 is 53.6 Å². The van der Waals surface area contributed by atoms with Gasteiger partial charge in [0.05, 0.1) is 32.6 Å². The second kappa shape index (κ2) is 23.4. The number of anilines is 2. The van der Waals surface area contributed by atoms with Crippen LogP contribution in [0.4, 0.5) is 22.7 Å². The molecule has 0 aliphatic carbocycles. The molecule has 17 heteroatoms. The lowest BCUT2D eigenvalue weighted by Gasteiger charge is -2.11. The molecule has 0 aliphatic rings. The molecule has 1 unspecified atom stereocenters. The molecule has 0 aliphatic heterocycles. The van der Waals surface area contributed by atoms with E-state index >= 15 is 0 Å². The molecule has 308 valence electrons. The van der Waals surface area contributed by atoms with Crippen molar-refractivity contribution in [2.45, 2.75) is 128 Å². The number of amides is 1. The van der Waals surface area contributed by atoms with Crippen molar-refractivity contribution < 1.29 is 32.6 Å². The minimum absolute atomic E-state index is 0.0779. The van der Waals surface area contributed by atoms with Crippen LogP contribution in [0.15, 0.2) is 45.7 Å². The number of aryl methyl sites for hydroxylation is 1. The molecule has 3 N–H and O–H groups in total. The number of nitro groups is 2. The topological polar surface area (TPSA) is 216 Å². The predicted molar refractivity (Wildman–Crippen MR) is 220 cm³/mol. The van der Waals surface area contributed by atoms with E-state index in [9.17, 15) is 38.2 Å². The van der Waals surface area contributed by atoms with Gasteiger partial charge in [-0.3, -0.25) is 30.0 Å². The van der Waals surface area contributed by atoms with Gasteiger partial charge >= 0.3 is 10.8 Å². The van der Waals surface area contributed by atoms with Crippen molar-refractivity contribution in [2.75, 3.05) is 23.8 Å². The summed E-state index contributed by atoms with van der Waals surface area (Å²) in [4.78, 5) is 51.0. The number of esters is 1. The van der Waals surface area contributed by atoms with Gasteiger partial charge in [-0.05, 0) is 44.5 Å². The molecular formula is C39H57N6O9S2+. The molecule has 1 heterocycles. The molecule has 1 atom stereocenters. The number of H-pyrrole nitrogens is 1. The first-order chi connectivity index (χ1) is 26.8. The normalized spacial score (nSPS) is 12.1. The number of benzene rings is 2. The Morgan fingerprint density at radius 3 is 1.75 bits per heavy atom. The number of carbonyl (C=O) groups excluding carboxylic acids is 2. The van der Waals surface area contributed by atoms with Crippen molar-refractivity contribution in [1.29, 1.82) is 0 Å². The quantitative estimate of drug-likeness (QED) is 0.0229. The van der Waals surface area contributed by atoms with E-state index in [1.54, 1.807) is 20.1 Å².